The van der Waals surface area contributed by atoms with E-state index in [0.717, 1.165) is 5.76 Å². The van der Waals surface area contributed by atoms with Crippen molar-refractivity contribution in [2.24, 2.45) is 0 Å². The van der Waals surface area contributed by atoms with Crippen molar-refractivity contribution in [3.8, 4) is 0 Å². The van der Waals surface area contributed by atoms with E-state index in [1.165, 1.54) is 16.7 Å². The van der Waals surface area contributed by atoms with Gasteiger partial charge in [-0.1, -0.05) is 18.2 Å². The van der Waals surface area contributed by atoms with Crippen molar-refractivity contribution >= 4 is 11.6 Å². The molecule has 0 amide bonds. The Bertz CT molecular complexity index is 519. The van der Waals surface area contributed by atoms with Crippen molar-refractivity contribution in [1.82, 2.24) is 5.32 Å². The second-order valence-electron chi connectivity index (χ2n) is 4.15. The number of halogens is 1. The Kier molecular flexibility index (Phi) is 3.55. The number of benzene rings is 1. The molecule has 0 aliphatic heterocycles. The molecule has 0 fully saturated rings. The van der Waals surface area contributed by atoms with Gasteiger partial charge in [-0.05, 0) is 61.3 Å². The number of hydrogen-bond acceptors (Lipinski definition) is 2. The van der Waals surface area contributed by atoms with Crippen LogP contribution >= 0.6 is 11.6 Å². The van der Waals surface area contributed by atoms with Crippen molar-refractivity contribution in [1.29, 1.82) is 0 Å². The van der Waals surface area contributed by atoms with Crippen molar-refractivity contribution in [2.75, 3.05) is 7.05 Å². The molecule has 0 radical (unpaired) electrons. The maximum absolute atomic E-state index is 5.83. The molecule has 1 aromatic carbocycles. The lowest BCUT2D eigenvalue weighted by atomic mass is 9.96. The summed E-state index contributed by atoms with van der Waals surface area (Å²) in [4.78, 5) is 0. The van der Waals surface area contributed by atoms with Crippen LogP contribution in [0.2, 0.25) is 5.22 Å². The number of nitrogens with one attached hydrogen (secondary N) is 1. The van der Waals surface area contributed by atoms with Gasteiger partial charge in [0.15, 0.2) is 5.22 Å². The second-order valence-corrected chi connectivity index (χ2v) is 4.53. The monoisotopic (exact) mass is 249 g/mol. The van der Waals surface area contributed by atoms with Crippen molar-refractivity contribution in [3.63, 3.8) is 0 Å². The van der Waals surface area contributed by atoms with Gasteiger partial charge in [-0.25, -0.2) is 0 Å². The van der Waals surface area contributed by atoms with Gasteiger partial charge in [-0.3, -0.25) is 0 Å². The third kappa shape index (κ3) is 2.38. The third-order valence-corrected chi connectivity index (χ3v) is 3.33. The van der Waals surface area contributed by atoms with Crippen LogP contribution in [-0.2, 0) is 0 Å². The lowest BCUT2D eigenvalue weighted by Gasteiger charge is -2.17. The van der Waals surface area contributed by atoms with Gasteiger partial charge in [0.1, 0.15) is 5.76 Å². The number of aryl methyl sites for hydroxylation is 1. The first-order valence-electron chi connectivity index (χ1n) is 5.62. The molecule has 1 aromatic heterocycles. The minimum Gasteiger partial charge on any atom is -0.448 e. The van der Waals surface area contributed by atoms with E-state index in [2.05, 4.69) is 37.4 Å². The maximum atomic E-state index is 5.83. The molecular weight excluding hydrogens is 234 g/mol. The predicted octanol–water partition coefficient (Wildman–Crippen LogP) is 3.86. The summed E-state index contributed by atoms with van der Waals surface area (Å²) in [5, 5.41) is 3.69. The third-order valence-electron chi connectivity index (χ3n) is 3.12. The fourth-order valence-corrected chi connectivity index (χ4v) is 2.17. The van der Waals surface area contributed by atoms with Crippen molar-refractivity contribution in [3.05, 3.63) is 58.0 Å². The summed E-state index contributed by atoms with van der Waals surface area (Å²) in [6, 6.07) is 10.0. The van der Waals surface area contributed by atoms with E-state index in [1.807, 2.05) is 13.1 Å². The first kappa shape index (κ1) is 12.2. The van der Waals surface area contributed by atoms with Crippen LogP contribution < -0.4 is 5.32 Å². The molecule has 0 aliphatic carbocycles. The van der Waals surface area contributed by atoms with E-state index in [1.54, 1.807) is 6.07 Å². The first-order valence-corrected chi connectivity index (χ1v) is 6.00. The van der Waals surface area contributed by atoms with Crippen LogP contribution in [0.25, 0.3) is 0 Å². The van der Waals surface area contributed by atoms with E-state index in [4.69, 9.17) is 16.0 Å². The van der Waals surface area contributed by atoms with Crippen molar-refractivity contribution in [2.45, 2.75) is 19.9 Å². The summed E-state index contributed by atoms with van der Waals surface area (Å²) in [5.41, 5.74) is 3.78. The summed E-state index contributed by atoms with van der Waals surface area (Å²) in [6.07, 6.45) is 0. The topological polar surface area (TPSA) is 25.2 Å². The molecule has 2 aromatic rings. The molecule has 3 heteroatoms. The summed E-state index contributed by atoms with van der Waals surface area (Å²) in [6.45, 7) is 4.24. The lowest BCUT2D eigenvalue weighted by molar-refractivity contribution is 0.464. The lowest BCUT2D eigenvalue weighted by Crippen LogP contribution is -2.18. The minimum absolute atomic E-state index is 0.0439. The highest BCUT2D eigenvalue weighted by atomic mass is 35.5. The molecule has 0 aliphatic rings. The van der Waals surface area contributed by atoms with Gasteiger partial charge in [0, 0.05) is 0 Å². The highest BCUT2D eigenvalue weighted by molar-refractivity contribution is 6.28. The number of rotatable bonds is 3. The molecule has 0 spiro atoms. The van der Waals surface area contributed by atoms with Gasteiger partial charge in [0.05, 0.1) is 6.04 Å². The van der Waals surface area contributed by atoms with Gasteiger partial charge in [0.25, 0.3) is 0 Å². The van der Waals surface area contributed by atoms with E-state index in [-0.39, 0.29) is 6.04 Å². The van der Waals surface area contributed by atoms with Gasteiger partial charge in [-0.15, -0.1) is 0 Å². The predicted molar refractivity (Wildman–Crippen MR) is 70.5 cm³/mol. The molecular formula is C14H16ClNO. The summed E-state index contributed by atoms with van der Waals surface area (Å²) in [5.74, 6) is 0.839. The first-order chi connectivity index (χ1) is 8.13. The van der Waals surface area contributed by atoms with Crippen LogP contribution in [0, 0.1) is 13.8 Å². The summed E-state index contributed by atoms with van der Waals surface area (Å²) in [7, 11) is 1.92. The SMILES string of the molecule is CNC(c1ccc(Cl)o1)c1cccc(C)c1C. The van der Waals surface area contributed by atoms with Crippen LogP contribution in [0.1, 0.15) is 28.5 Å². The van der Waals surface area contributed by atoms with Gasteiger partial charge >= 0.3 is 0 Å². The Morgan fingerprint density at radius 1 is 1.18 bits per heavy atom. The Hall–Kier alpha value is -1.25. The fraction of sp³-hybridized carbons (Fsp3) is 0.286. The zero-order chi connectivity index (χ0) is 12.4. The molecule has 2 nitrogen and oxygen atoms in total. The minimum atomic E-state index is 0.0439. The zero-order valence-electron chi connectivity index (χ0n) is 10.3. The largest absolute Gasteiger partial charge is 0.448 e. The van der Waals surface area contributed by atoms with Gasteiger partial charge in [0.2, 0.25) is 0 Å². The van der Waals surface area contributed by atoms with Crippen LogP contribution in [0.3, 0.4) is 0 Å². The van der Waals surface area contributed by atoms with E-state index in [9.17, 15) is 0 Å². The highest BCUT2D eigenvalue weighted by Crippen LogP contribution is 2.28. The van der Waals surface area contributed by atoms with Crippen LogP contribution in [0.15, 0.2) is 34.7 Å². The molecule has 0 saturated carbocycles. The van der Waals surface area contributed by atoms with Crippen LogP contribution in [0.4, 0.5) is 0 Å². The normalized spacial score (nSPS) is 12.7. The quantitative estimate of drug-likeness (QED) is 0.894. The molecule has 1 atom stereocenters. The Balaban J connectivity index is 2.45. The molecule has 1 N–H and O–H groups in total. The standard InChI is InChI=1S/C14H16ClNO/c1-9-5-4-6-11(10(9)2)14(16-3)12-7-8-13(15)17-12/h4-8,14,16H,1-3H3. The number of hydrogen-bond donors (Lipinski definition) is 1. The molecule has 1 unspecified atom stereocenters. The Morgan fingerprint density at radius 2 is 1.94 bits per heavy atom. The second kappa shape index (κ2) is 4.94. The van der Waals surface area contributed by atoms with E-state index < -0.39 is 0 Å². The van der Waals surface area contributed by atoms with E-state index in [0.29, 0.717) is 5.22 Å². The highest BCUT2D eigenvalue weighted by Gasteiger charge is 2.18. The van der Waals surface area contributed by atoms with Crippen molar-refractivity contribution < 1.29 is 4.42 Å². The average Bonchev–Trinajstić information content (AvgIpc) is 2.72. The smallest absolute Gasteiger partial charge is 0.193 e. The molecule has 2 rings (SSSR count). The van der Waals surface area contributed by atoms with Gasteiger partial charge < -0.3 is 9.73 Å². The summed E-state index contributed by atoms with van der Waals surface area (Å²) >= 11 is 5.83. The Labute approximate surface area is 107 Å². The Morgan fingerprint density at radius 3 is 2.53 bits per heavy atom. The zero-order valence-corrected chi connectivity index (χ0v) is 11.0. The van der Waals surface area contributed by atoms with Gasteiger partial charge in [-0.2, -0.15) is 0 Å². The van der Waals surface area contributed by atoms with Crippen LogP contribution in [-0.4, -0.2) is 7.05 Å². The molecule has 17 heavy (non-hydrogen) atoms. The average molecular weight is 250 g/mol. The summed E-state index contributed by atoms with van der Waals surface area (Å²) < 4.78 is 5.49. The molecule has 90 valence electrons. The molecule has 0 saturated heterocycles. The fourth-order valence-electron chi connectivity index (χ4n) is 2.02. The maximum Gasteiger partial charge on any atom is 0.193 e. The molecule has 1 heterocycles. The van der Waals surface area contributed by atoms with Crippen LogP contribution in [0.5, 0.6) is 0 Å². The molecule has 0 bridgehead atoms. The number of furan rings is 1. The van der Waals surface area contributed by atoms with E-state index >= 15 is 0 Å².